The molecule has 4 aromatic carbocycles. The van der Waals surface area contributed by atoms with E-state index in [-0.39, 0.29) is 124 Å². The van der Waals surface area contributed by atoms with E-state index in [1.807, 2.05) is 90.9 Å². The molecule has 6 atom stereocenters. The van der Waals surface area contributed by atoms with Crippen LogP contribution < -0.4 is 41.4 Å². The van der Waals surface area contributed by atoms with Crippen molar-refractivity contribution in [1.29, 1.82) is 0 Å². The molecule has 6 unspecified atom stereocenters. The first kappa shape index (κ1) is 88.2. The van der Waals surface area contributed by atoms with E-state index < -0.39 is 108 Å². The predicted molar refractivity (Wildman–Crippen MR) is 480 cm³/mol. The minimum absolute atomic E-state index is 0.0275. The van der Waals surface area contributed by atoms with Crippen LogP contribution in [0.3, 0.4) is 0 Å². The second-order valence-electron chi connectivity index (χ2n) is 34.4. The number of carbonyl (C=O) groups is 3. The maximum absolute atomic E-state index is 17.0. The van der Waals surface area contributed by atoms with Crippen LogP contribution in [0.5, 0.6) is 23.0 Å². The Morgan fingerprint density at radius 1 is 0.457 bits per heavy atom. The minimum Gasteiger partial charge on any atom is -0.507 e. The zero-order chi connectivity index (χ0) is 92.4. The highest BCUT2D eigenvalue weighted by atomic mass is 19.2. The number of pyridine rings is 8. The monoisotopic (exact) mass is 1760 g/mol. The number of fused-ring (bicyclic) bond motifs is 15. The van der Waals surface area contributed by atoms with Gasteiger partial charge >= 0.3 is 5.56 Å². The summed E-state index contributed by atoms with van der Waals surface area (Å²) in [6.45, 7) is 36.2. The third kappa shape index (κ3) is 14.8. The molecule has 14 heterocycles. The van der Waals surface area contributed by atoms with E-state index >= 15 is 30.7 Å². The molecule has 3 amide bonds. The number of aryl methyl sites for hydroxylation is 3. The van der Waals surface area contributed by atoms with Crippen LogP contribution in [0.2, 0.25) is 0 Å². The quantitative estimate of drug-likeness (QED) is 0.0653. The average molecular weight is 1760 g/mol. The Morgan fingerprint density at radius 2 is 0.853 bits per heavy atom. The summed E-state index contributed by atoms with van der Waals surface area (Å²) in [5.74, 6) is -9.26. The Morgan fingerprint density at radius 3 is 1.29 bits per heavy atom. The molecule has 0 spiro atoms. The highest BCUT2D eigenvalue weighted by molar-refractivity contribution is 6.03. The molecule has 8 aromatic heterocycles. The van der Waals surface area contributed by atoms with Crippen molar-refractivity contribution < 1.29 is 65.2 Å². The van der Waals surface area contributed by atoms with E-state index in [9.17, 15) is 44.1 Å². The van der Waals surface area contributed by atoms with Gasteiger partial charge in [0.2, 0.25) is 23.5 Å². The molecule has 3 fully saturated rings. The van der Waals surface area contributed by atoms with Crippen LogP contribution in [-0.2, 0) is 20.8 Å². The SMILES string of the molecule is C=CC(=O)N1CC(C)N2c3c(c(=O)n(-c4c(C)ccnc4C(C)C)c4c(F)c(-c5c(O)cccc5F)c(F)cc34)CC2C1.C=CC(=O)N1CC(C)N2c3c(c(=O)n(-c4c(C)ccnc4C(C)C)c4nc(-c5c(O)cccc5F)c(F)cc34)NCC2C1.C=CC(=O)N1CC(C)N2c3c(c(=O)n(-c4c(C)ccnc4C(C)C)c4nc(-c5c(O)cccc5F)c(F)cc34)OCC2C1. The van der Waals surface area contributed by atoms with E-state index in [2.05, 4.69) is 50.0 Å². The number of amides is 3. The van der Waals surface area contributed by atoms with Crippen LogP contribution in [-0.4, -0.2) is 175 Å². The summed E-state index contributed by atoms with van der Waals surface area (Å²) >= 11 is 0. The van der Waals surface area contributed by atoms with Crippen LogP contribution in [0, 0.1) is 61.5 Å². The lowest BCUT2D eigenvalue weighted by atomic mass is 9.97. The first-order valence-electron chi connectivity index (χ1n) is 42.5. The highest BCUT2D eigenvalue weighted by Crippen LogP contribution is 2.50. The first-order chi connectivity index (χ1) is 61.5. The second-order valence-corrected chi connectivity index (χ2v) is 34.4. The number of benzene rings is 4. The van der Waals surface area contributed by atoms with Gasteiger partial charge in [0, 0.05) is 111 Å². The Balaban J connectivity index is 0.000000142. The third-order valence-electron chi connectivity index (χ3n) is 25.0. The van der Waals surface area contributed by atoms with Crippen LogP contribution in [0.1, 0.15) is 119 Å². The maximum atomic E-state index is 17.0. The number of piperazine rings is 3. The van der Waals surface area contributed by atoms with Gasteiger partial charge in [-0.15, -0.1) is 0 Å². The molecule has 129 heavy (non-hydrogen) atoms. The Kier molecular flexibility index (Phi) is 23.4. The van der Waals surface area contributed by atoms with E-state index in [1.54, 1.807) is 58.4 Å². The van der Waals surface area contributed by atoms with Gasteiger partial charge in [-0.05, 0) is 167 Å². The molecule has 0 radical (unpaired) electrons. The summed E-state index contributed by atoms with van der Waals surface area (Å²) in [4.78, 5) is 115. The van der Waals surface area contributed by atoms with Gasteiger partial charge < -0.3 is 54.8 Å². The molecule has 12 aromatic rings. The lowest BCUT2D eigenvalue weighted by Crippen LogP contribution is -2.63. The van der Waals surface area contributed by atoms with Gasteiger partial charge in [0.15, 0.2) is 28.7 Å². The van der Waals surface area contributed by atoms with Crippen molar-refractivity contribution in [1.82, 2.24) is 53.3 Å². The Labute approximate surface area is 736 Å². The van der Waals surface area contributed by atoms with E-state index in [0.29, 0.717) is 114 Å². The van der Waals surface area contributed by atoms with Crippen molar-refractivity contribution in [2.24, 2.45) is 0 Å². The largest absolute Gasteiger partial charge is 0.507 e. The van der Waals surface area contributed by atoms with Crippen molar-refractivity contribution in [2.45, 2.75) is 144 Å². The maximum Gasteiger partial charge on any atom is 0.301 e. The van der Waals surface area contributed by atoms with Crippen molar-refractivity contribution in [2.75, 3.05) is 72.4 Å². The zero-order valence-electron chi connectivity index (χ0n) is 72.9. The highest BCUT2D eigenvalue weighted by Gasteiger charge is 2.47. The number of phenols is 3. The Hall–Kier alpha value is -14.2. The average Bonchev–Trinajstić information content (AvgIpc) is 1.70. The van der Waals surface area contributed by atoms with Crippen LogP contribution in [0.4, 0.5) is 53.5 Å². The van der Waals surface area contributed by atoms with Crippen LogP contribution in [0.25, 0.3) is 83.7 Å². The van der Waals surface area contributed by atoms with Crippen LogP contribution >= 0.6 is 0 Å². The summed E-state index contributed by atoms with van der Waals surface area (Å²) < 4.78 is 120. The minimum atomic E-state index is -1.18. The third-order valence-corrected chi connectivity index (χ3v) is 25.0. The van der Waals surface area contributed by atoms with Gasteiger partial charge in [-0.2, -0.15) is 0 Å². The summed E-state index contributed by atoms with van der Waals surface area (Å²) in [6, 6.07) is 17.9. The normalized spacial score (nSPS) is 17.9. The van der Waals surface area contributed by atoms with E-state index in [4.69, 9.17) is 4.74 Å². The van der Waals surface area contributed by atoms with Gasteiger partial charge in [0.1, 0.15) is 64.2 Å². The fourth-order valence-electron chi connectivity index (χ4n) is 19.4. The fraction of sp³-hybridized carbons (Fsp3) is 0.309. The molecule has 6 aliphatic heterocycles. The molecule has 6 aliphatic rings. The van der Waals surface area contributed by atoms with Crippen molar-refractivity contribution in [3.05, 3.63) is 259 Å². The number of nitrogens with one attached hydrogen (secondary N) is 1. The number of aromatic hydroxyl groups is 3. The fourth-order valence-corrected chi connectivity index (χ4v) is 19.4. The Bertz CT molecular complexity index is 6600. The van der Waals surface area contributed by atoms with Gasteiger partial charge in [-0.3, -0.25) is 57.4 Å². The number of rotatable bonds is 12. The second kappa shape index (κ2) is 34.2. The molecule has 666 valence electrons. The number of ether oxygens (including phenoxy) is 1. The number of hydrogen-bond acceptors (Lipinski definition) is 19. The van der Waals surface area contributed by atoms with Gasteiger partial charge in [-0.1, -0.05) is 79.5 Å². The number of nitrogens with zero attached hydrogens (tertiary/aromatic N) is 14. The summed E-state index contributed by atoms with van der Waals surface area (Å²) in [5, 5.41) is 35.6. The van der Waals surface area contributed by atoms with Crippen molar-refractivity contribution in [3.8, 4) is 73.7 Å². The molecule has 0 saturated carbocycles. The number of halogens is 7. The molecule has 0 bridgehead atoms. The molecule has 32 heteroatoms. The molecule has 25 nitrogen and oxygen atoms in total. The molecular weight excluding hydrogens is 1670 g/mol. The zero-order valence-corrected chi connectivity index (χ0v) is 72.9. The smallest absolute Gasteiger partial charge is 0.301 e. The number of phenolic OH excluding ortho intramolecular Hbond substituents is 3. The van der Waals surface area contributed by atoms with E-state index in [0.717, 1.165) is 41.5 Å². The molecule has 0 aliphatic carbocycles. The summed E-state index contributed by atoms with van der Waals surface area (Å²) in [6.07, 6.45) is 8.98. The van der Waals surface area contributed by atoms with Gasteiger partial charge in [0.05, 0.1) is 97.1 Å². The lowest BCUT2D eigenvalue weighted by Gasteiger charge is -2.50. The van der Waals surface area contributed by atoms with Crippen molar-refractivity contribution >= 4 is 73.4 Å². The molecule has 3 saturated heterocycles. The number of hydrogen-bond donors (Lipinski definition) is 4. The standard InChI is InChI=1S/C33H31F3N4O3.C32H32F2N6O3.C32H31F2N5O4/c1-6-25(42)38-14-18(5)39-19(15-38)12-21-31(39)20-13-23(35)27(26-22(34)8-7-9-24(26)41)28(36)32(20)40(33(21)43)30-17(4)10-11-37-29(30)16(2)3;1-6-24(42)38-14-18(5)39-19(15-38)13-36-28-30(39)20-12-22(34)27(25-21(33)8-7-9-23(25)41)37-31(20)40(32(28)43)29-17(4)10-11-35-26(29)16(2)3;1-6-24(41)37-13-18(5)38-19(14-37)15-43-30-29(38)20-12-22(34)27(25-21(33)8-7-9-23(25)40)36-31(20)39(32(30)42)28-17(4)10-11-35-26(28)16(2)3/h6-11,13,16,18-19,41H,1,12,14-15H2,2-5H3;6-12,16,18-19,36,41H,1,13-15H2,2-5H3;6-12,16,18-19,40H,1,13-15H2,2-5H3. The molecular formula is C97H94F7N15O10. The number of anilines is 4. The topological polar surface area (TPSA) is 283 Å². The van der Waals surface area contributed by atoms with Gasteiger partial charge in [0.25, 0.3) is 11.1 Å². The van der Waals surface area contributed by atoms with E-state index in [1.165, 1.54) is 74.4 Å². The molecule has 4 N–H and O–H groups in total. The van der Waals surface area contributed by atoms with Crippen LogP contribution in [0.15, 0.2) is 162 Å². The van der Waals surface area contributed by atoms with Gasteiger partial charge in [-0.25, -0.2) is 40.7 Å². The van der Waals surface area contributed by atoms with Crippen molar-refractivity contribution in [3.63, 3.8) is 0 Å². The first-order valence-corrected chi connectivity index (χ1v) is 42.5. The molecule has 18 rings (SSSR count). The summed E-state index contributed by atoms with van der Waals surface area (Å²) in [7, 11) is 0. The number of aromatic nitrogens is 8. The predicted octanol–water partition coefficient (Wildman–Crippen LogP) is 15.5. The lowest BCUT2D eigenvalue weighted by molar-refractivity contribution is -0.128. The summed E-state index contributed by atoms with van der Waals surface area (Å²) in [5.41, 5.74) is 2.53. The number of carbonyl (C=O) groups excluding carboxylic acids is 3.